The molecular formula is C29H30N+. The van der Waals surface area contributed by atoms with Gasteiger partial charge in [-0.1, -0.05) is 67.4 Å². The highest BCUT2D eigenvalue weighted by molar-refractivity contribution is 5.94. The molecular weight excluding hydrogens is 362 g/mol. The number of aromatic nitrogens is 1. The molecule has 30 heavy (non-hydrogen) atoms. The van der Waals surface area contributed by atoms with Crippen molar-refractivity contribution >= 4 is 10.8 Å². The molecule has 1 fully saturated rings. The molecule has 0 radical (unpaired) electrons. The van der Waals surface area contributed by atoms with Gasteiger partial charge in [-0.05, 0) is 65.5 Å². The Bertz CT molecular complexity index is 1210. The molecule has 1 aliphatic rings. The van der Waals surface area contributed by atoms with Crippen molar-refractivity contribution in [3.63, 3.8) is 0 Å². The van der Waals surface area contributed by atoms with Crippen molar-refractivity contribution < 1.29 is 4.57 Å². The van der Waals surface area contributed by atoms with Crippen molar-refractivity contribution in [3.8, 4) is 22.4 Å². The van der Waals surface area contributed by atoms with Crippen LogP contribution >= 0.6 is 0 Å². The first-order chi connectivity index (χ1) is 14.6. The van der Waals surface area contributed by atoms with Gasteiger partial charge >= 0.3 is 0 Å². The van der Waals surface area contributed by atoms with Gasteiger partial charge in [0.25, 0.3) is 0 Å². The summed E-state index contributed by atoms with van der Waals surface area (Å²) in [7, 11) is 2.19. The predicted molar refractivity (Wildman–Crippen MR) is 127 cm³/mol. The van der Waals surface area contributed by atoms with Crippen LogP contribution in [0.4, 0.5) is 0 Å². The molecule has 3 aromatic carbocycles. The number of fused-ring (bicyclic) bond motifs is 1. The van der Waals surface area contributed by atoms with Gasteiger partial charge in [-0.3, -0.25) is 0 Å². The van der Waals surface area contributed by atoms with Crippen LogP contribution in [0.15, 0.2) is 72.8 Å². The van der Waals surface area contributed by atoms with Gasteiger partial charge in [0.05, 0.1) is 5.39 Å². The van der Waals surface area contributed by atoms with Crippen LogP contribution in [0.3, 0.4) is 0 Å². The van der Waals surface area contributed by atoms with Gasteiger partial charge in [-0.25, -0.2) is 0 Å². The van der Waals surface area contributed by atoms with Crippen LogP contribution in [0.25, 0.3) is 33.2 Å². The minimum absolute atomic E-state index is 0.749. The zero-order valence-electron chi connectivity index (χ0n) is 18.3. The third kappa shape index (κ3) is 3.33. The highest BCUT2D eigenvalue weighted by Gasteiger charge is 2.22. The maximum absolute atomic E-state index is 2.45. The topological polar surface area (TPSA) is 3.88 Å². The van der Waals surface area contributed by atoms with E-state index in [1.807, 2.05) is 0 Å². The Labute approximate surface area is 180 Å². The normalized spacial score (nSPS) is 14.5. The van der Waals surface area contributed by atoms with Crippen LogP contribution in [0.1, 0.15) is 48.4 Å². The van der Waals surface area contributed by atoms with E-state index >= 15 is 0 Å². The number of aryl methyl sites for hydroxylation is 2. The third-order valence-corrected chi connectivity index (χ3v) is 6.97. The predicted octanol–water partition coefficient (Wildman–Crippen LogP) is 7.27. The fourth-order valence-electron chi connectivity index (χ4n) is 5.17. The van der Waals surface area contributed by atoms with Gasteiger partial charge in [0.1, 0.15) is 7.05 Å². The number of pyridine rings is 1. The molecule has 0 amide bonds. The second kappa shape index (κ2) is 7.72. The van der Waals surface area contributed by atoms with Crippen LogP contribution in [-0.2, 0) is 7.05 Å². The maximum Gasteiger partial charge on any atom is 0.220 e. The molecule has 1 saturated carbocycles. The zero-order valence-corrected chi connectivity index (χ0v) is 18.3. The molecule has 0 unspecified atom stereocenters. The molecule has 1 nitrogen and oxygen atoms in total. The van der Waals surface area contributed by atoms with E-state index < -0.39 is 0 Å². The molecule has 1 aliphatic carbocycles. The smallest absolute Gasteiger partial charge is 0.198 e. The van der Waals surface area contributed by atoms with E-state index in [1.165, 1.54) is 75.7 Å². The molecule has 0 bridgehead atoms. The lowest BCUT2D eigenvalue weighted by Gasteiger charge is -2.14. The summed E-state index contributed by atoms with van der Waals surface area (Å²) in [6, 6.07) is 27.1. The molecule has 1 aromatic heterocycles. The highest BCUT2D eigenvalue weighted by Crippen LogP contribution is 2.37. The molecule has 0 N–H and O–H groups in total. The van der Waals surface area contributed by atoms with Crippen molar-refractivity contribution in [1.82, 2.24) is 0 Å². The summed E-state index contributed by atoms with van der Waals surface area (Å²) in [6.07, 6.45) is 5.45. The van der Waals surface area contributed by atoms with Crippen molar-refractivity contribution in [2.24, 2.45) is 7.05 Å². The van der Waals surface area contributed by atoms with E-state index in [9.17, 15) is 0 Å². The minimum atomic E-state index is 0.749. The standard InChI is InChI=1S/C29H30N/c1-20-17-24(22-9-5-4-6-10-22)13-15-27(20)29-28-16-14-25(23-11-7-8-12-23)19-26(28)18-21(2)30(29)3/h4-6,9-10,13-19,23H,7-8,11-12H2,1-3H3/q+1. The summed E-state index contributed by atoms with van der Waals surface area (Å²) in [4.78, 5) is 0. The van der Waals surface area contributed by atoms with Crippen LogP contribution in [0.2, 0.25) is 0 Å². The first-order valence-electron chi connectivity index (χ1n) is 11.2. The summed E-state index contributed by atoms with van der Waals surface area (Å²) < 4.78 is 2.35. The number of nitrogens with zero attached hydrogens (tertiary/aromatic N) is 1. The summed E-state index contributed by atoms with van der Waals surface area (Å²) in [5, 5.41) is 2.72. The minimum Gasteiger partial charge on any atom is -0.198 e. The third-order valence-electron chi connectivity index (χ3n) is 6.97. The summed E-state index contributed by atoms with van der Waals surface area (Å²) in [5.74, 6) is 0.749. The number of hydrogen-bond donors (Lipinski definition) is 0. The fraction of sp³-hybridized carbons (Fsp3) is 0.276. The Balaban J connectivity index is 1.65. The summed E-state index contributed by atoms with van der Waals surface area (Å²) in [5.41, 5.74) is 9.33. The summed E-state index contributed by atoms with van der Waals surface area (Å²) in [6.45, 7) is 4.46. The largest absolute Gasteiger partial charge is 0.220 e. The molecule has 0 atom stereocenters. The van der Waals surface area contributed by atoms with E-state index in [0.29, 0.717) is 0 Å². The van der Waals surface area contributed by atoms with Crippen molar-refractivity contribution in [2.45, 2.75) is 45.4 Å². The van der Waals surface area contributed by atoms with E-state index in [4.69, 9.17) is 0 Å². The van der Waals surface area contributed by atoms with Crippen LogP contribution < -0.4 is 4.57 Å². The van der Waals surface area contributed by atoms with Crippen LogP contribution in [0, 0.1) is 13.8 Å². The number of hydrogen-bond acceptors (Lipinski definition) is 0. The molecule has 4 aromatic rings. The molecule has 1 heteroatoms. The SMILES string of the molecule is Cc1cc(-c2ccccc2)ccc1-c1c2ccc(C3CCCC3)cc2cc(C)[n+]1C. The molecule has 150 valence electrons. The second-order valence-corrected chi connectivity index (χ2v) is 8.92. The number of benzene rings is 3. The Hall–Kier alpha value is -2.93. The van der Waals surface area contributed by atoms with Crippen LogP contribution in [-0.4, -0.2) is 0 Å². The van der Waals surface area contributed by atoms with Crippen molar-refractivity contribution in [3.05, 3.63) is 89.6 Å². The average Bonchev–Trinajstić information content (AvgIpc) is 3.30. The quantitative estimate of drug-likeness (QED) is 0.323. The monoisotopic (exact) mass is 392 g/mol. The Morgan fingerprint density at radius 1 is 0.767 bits per heavy atom. The number of rotatable bonds is 3. The van der Waals surface area contributed by atoms with E-state index in [2.05, 4.69) is 98.3 Å². The Kier molecular flexibility index (Phi) is 4.90. The van der Waals surface area contributed by atoms with Crippen LogP contribution in [0.5, 0.6) is 0 Å². The van der Waals surface area contributed by atoms with Gasteiger partial charge in [-0.15, -0.1) is 0 Å². The first-order valence-corrected chi connectivity index (χ1v) is 11.2. The highest BCUT2D eigenvalue weighted by atomic mass is 14.9. The van der Waals surface area contributed by atoms with Gasteiger partial charge in [-0.2, -0.15) is 4.57 Å². The van der Waals surface area contributed by atoms with Gasteiger partial charge < -0.3 is 0 Å². The summed E-state index contributed by atoms with van der Waals surface area (Å²) >= 11 is 0. The van der Waals surface area contributed by atoms with E-state index in [0.717, 1.165) is 5.92 Å². The fourth-order valence-corrected chi connectivity index (χ4v) is 5.17. The maximum atomic E-state index is 2.45. The lowest BCUT2D eigenvalue weighted by Crippen LogP contribution is -2.35. The van der Waals surface area contributed by atoms with Gasteiger partial charge in [0.15, 0.2) is 5.69 Å². The molecule has 0 aliphatic heterocycles. The van der Waals surface area contributed by atoms with E-state index in [1.54, 1.807) is 0 Å². The van der Waals surface area contributed by atoms with Gasteiger partial charge in [0, 0.05) is 18.6 Å². The average molecular weight is 393 g/mol. The van der Waals surface area contributed by atoms with E-state index in [-0.39, 0.29) is 0 Å². The Morgan fingerprint density at radius 3 is 2.27 bits per heavy atom. The zero-order chi connectivity index (χ0) is 20.7. The Morgan fingerprint density at radius 2 is 1.53 bits per heavy atom. The second-order valence-electron chi connectivity index (χ2n) is 8.92. The first kappa shape index (κ1) is 19.1. The lowest BCUT2D eigenvalue weighted by molar-refractivity contribution is -0.665. The molecule has 5 rings (SSSR count). The molecule has 1 heterocycles. The van der Waals surface area contributed by atoms with Crippen molar-refractivity contribution in [2.75, 3.05) is 0 Å². The lowest BCUT2D eigenvalue weighted by atomic mass is 9.92. The molecule has 0 spiro atoms. The molecule has 0 saturated heterocycles. The van der Waals surface area contributed by atoms with Crippen molar-refractivity contribution in [1.29, 1.82) is 0 Å². The van der Waals surface area contributed by atoms with Gasteiger partial charge in [0.2, 0.25) is 5.69 Å².